The number of rotatable bonds is 4. The summed E-state index contributed by atoms with van der Waals surface area (Å²) >= 11 is 0. The van der Waals surface area contributed by atoms with Crippen molar-refractivity contribution in [3.8, 4) is 0 Å². The highest BCUT2D eigenvalue weighted by Gasteiger charge is 2.17. The Morgan fingerprint density at radius 1 is 0.958 bits per heavy atom. The fourth-order valence-corrected chi connectivity index (χ4v) is 3.45. The number of aromatic amines is 2. The molecule has 3 heterocycles. The van der Waals surface area contributed by atoms with Crippen molar-refractivity contribution in [1.29, 1.82) is 0 Å². The van der Waals surface area contributed by atoms with Crippen molar-refractivity contribution in [3.05, 3.63) is 64.6 Å². The lowest BCUT2D eigenvalue weighted by atomic mass is 10.1. The fraction of sp³-hybridized carbons (Fsp3) is 0.316. The molecular weight excluding hydrogens is 300 g/mol. The normalized spacial score (nSPS) is 15.9. The molecule has 1 fully saturated rings. The third kappa shape index (κ3) is 3.08. The van der Waals surface area contributed by atoms with E-state index in [1.807, 2.05) is 12.1 Å². The van der Waals surface area contributed by atoms with E-state index >= 15 is 0 Å². The number of nitrogens with one attached hydrogen (secondary N) is 2. The number of nitrogens with zero attached hydrogens (tertiary/aromatic N) is 2. The van der Waals surface area contributed by atoms with Gasteiger partial charge in [0.1, 0.15) is 5.82 Å². The maximum Gasteiger partial charge on any atom is 0.249 e. The van der Waals surface area contributed by atoms with Gasteiger partial charge in [0.25, 0.3) is 0 Å². The van der Waals surface area contributed by atoms with E-state index in [0.717, 1.165) is 45.0 Å². The van der Waals surface area contributed by atoms with Gasteiger partial charge < -0.3 is 14.9 Å². The van der Waals surface area contributed by atoms with Crippen molar-refractivity contribution in [2.75, 3.05) is 37.6 Å². The van der Waals surface area contributed by atoms with Gasteiger partial charge in [-0.1, -0.05) is 24.3 Å². The van der Waals surface area contributed by atoms with Gasteiger partial charge >= 0.3 is 0 Å². The second-order valence-corrected chi connectivity index (χ2v) is 6.34. The first-order valence-corrected chi connectivity index (χ1v) is 8.51. The number of fused-ring (bicyclic) bond motifs is 1. The van der Waals surface area contributed by atoms with Crippen LogP contribution >= 0.6 is 0 Å². The number of pyridine rings is 1. The van der Waals surface area contributed by atoms with Crippen LogP contribution in [-0.2, 0) is 6.42 Å². The average Bonchev–Trinajstić information content (AvgIpc) is 3.04. The molecule has 2 aromatic heterocycles. The molecular formula is C19H22N4O. The summed E-state index contributed by atoms with van der Waals surface area (Å²) in [4.78, 5) is 22.5. The molecule has 4 rings (SSSR count). The van der Waals surface area contributed by atoms with Crippen LogP contribution in [0.4, 0.5) is 5.82 Å². The molecule has 1 aliphatic rings. The van der Waals surface area contributed by atoms with Gasteiger partial charge in [-0.2, -0.15) is 0 Å². The number of benzene rings is 1. The summed E-state index contributed by atoms with van der Waals surface area (Å²) in [5.74, 6) is 0.929. The Labute approximate surface area is 140 Å². The summed E-state index contributed by atoms with van der Waals surface area (Å²) in [5, 5.41) is 1.33. The molecule has 0 unspecified atom stereocenters. The second-order valence-electron chi connectivity index (χ2n) is 6.34. The predicted octanol–water partition coefficient (Wildman–Crippen LogP) is 2.22. The van der Waals surface area contributed by atoms with Gasteiger partial charge in [0.05, 0.1) is 0 Å². The van der Waals surface area contributed by atoms with Crippen LogP contribution in [0.25, 0.3) is 10.9 Å². The molecule has 24 heavy (non-hydrogen) atoms. The van der Waals surface area contributed by atoms with Gasteiger partial charge in [0, 0.05) is 55.9 Å². The van der Waals surface area contributed by atoms with Gasteiger partial charge in [0.2, 0.25) is 5.56 Å². The third-order valence-corrected chi connectivity index (χ3v) is 4.84. The highest BCUT2D eigenvalue weighted by Crippen LogP contribution is 2.19. The van der Waals surface area contributed by atoms with Crippen LogP contribution in [0.1, 0.15) is 5.56 Å². The van der Waals surface area contributed by atoms with Gasteiger partial charge in [-0.3, -0.25) is 9.69 Å². The molecule has 0 amide bonds. The van der Waals surface area contributed by atoms with E-state index < -0.39 is 0 Å². The zero-order valence-electron chi connectivity index (χ0n) is 13.7. The number of para-hydroxylation sites is 1. The maximum absolute atomic E-state index is 11.4. The van der Waals surface area contributed by atoms with Crippen LogP contribution < -0.4 is 10.5 Å². The molecule has 5 nitrogen and oxygen atoms in total. The molecule has 0 bridgehead atoms. The quantitative estimate of drug-likeness (QED) is 0.774. The van der Waals surface area contributed by atoms with E-state index in [1.54, 1.807) is 6.07 Å². The molecule has 0 spiro atoms. The lowest BCUT2D eigenvalue weighted by molar-refractivity contribution is 0.260. The van der Waals surface area contributed by atoms with Crippen LogP contribution in [0.5, 0.6) is 0 Å². The molecule has 0 aliphatic carbocycles. The standard InChI is InChI=1S/C19H22N4O/c24-19-7-3-6-18(21-19)23-12-10-22(11-13-23)9-8-15-14-20-17-5-2-1-4-16(15)17/h1-7,14,20H,8-13H2,(H,21,24). The summed E-state index contributed by atoms with van der Waals surface area (Å²) in [7, 11) is 0. The first kappa shape index (κ1) is 15.0. The molecule has 0 saturated carbocycles. The zero-order valence-corrected chi connectivity index (χ0v) is 13.7. The number of anilines is 1. The highest BCUT2D eigenvalue weighted by atomic mass is 16.1. The third-order valence-electron chi connectivity index (χ3n) is 4.84. The Morgan fingerprint density at radius 2 is 1.79 bits per heavy atom. The first-order chi connectivity index (χ1) is 11.8. The molecule has 124 valence electrons. The Hall–Kier alpha value is -2.53. The molecule has 0 radical (unpaired) electrons. The van der Waals surface area contributed by atoms with E-state index in [-0.39, 0.29) is 5.56 Å². The summed E-state index contributed by atoms with van der Waals surface area (Å²) in [6.45, 7) is 5.03. The smallest absolute Gasteiger partial charge is 0.249 e. The zero-order chi connectivity index (χ0) is 16.4. The summed E-state index contributed by atoms with van der Waals surface area (Å²) in [5.41, 5.74) is 2.57. The molecule has 3 aromatic rings. The van der Waals surface area contributed by atoms with Gasteiger partial charge in [-0.25, -0.2) is 0 Å². The summed E-state index contributed by atoms with van der Waals surface area (Å²) in [6.07, 6.45) is 3.20. The Morgan fingerprint density at radius 3 is 2.62 bits per heavy atom. The topological polar surface area (TPSA) is 55.1 Å². The number of piperazine rings is 1. The second kappa shape index (κ2) is 6.53. The van der Waals surface area contributed by atoms with Crippen molar-refractivity contribution in [1.82, 2.24) is 14.9 Å². The van der Waals surface area contributed by atoms with Crippen molar-refractivity contribution < 1.29 is 0 Å². The van der Waals surface area contributed by atoms with Crippen LogP contribution in [0.3, 0.4) is 0 Å². The van der Waals surface area contributed by atoms with E-state index in [2.05, 4.69) is 50.2 Å². The molecule has 5 heteroatoms. The van der Waals surface area contributed by atoms with Crippen LogP contribution in [0, 0.1) is 0 Å². The predicted molar refractivity (Wildman–Crippen MR) is 97.7 cm³/mol. The lowest BCUT2D eigenvalue weighted by Gasteiger charge is -2.35. The lowest BCUT2D eigenvalue weighted by Crippen LogP contribution is -2.47. The minimum absolute atomic E-state index is 0.0331. The van der Waals surface area contributed by atoms with Gasteiger partial charge in [0.15, 0.2) is 0 Å². The number of hydrogen-bond acceptors (Lipinski definition) is 3. The van der Waals surface area contributed by atoms with E-state index in [9.17, 15) is 4.79 Å². The molecule has 1 aromatic carbocycles. The molecule has 0 atom stereocenters. The summed E-state index contributed by atoms with van der Waals surface area (Å²) in [6, 6.07) is 13.8. The Balaban J connectivity index is 1.34. The maximum atomic E-state index is 11.4. The number of hydrogen-bond donors (Lipinski definition) is 2. The number of H-pyrrole nitrogens is 2. The van der Waals surface area contributed by atoms with E-state index in [0.29, 0.717) is 0 Å². The Kier molecular flexibility index (Phi) is 4.09. The molecule has 1 saturated heterocycles. The monoisotopic (exact) mass is 322 g/mol. The first-order valence-electron chi connectivity index (χ1n) is 8.51. The number of aromatic nitrogens is 2. The van der Waals surface area contributed by atoms with Crippen LogP contribution in [0.15, 0.2) is 53.5 Å². The highest BCUT2D eigenvalue weighted by molar-refractivity contribution is 5.83. The minimum Gasteiger partial charge on any atom is -0.361 e. The van der Waals surface area contributed by atoms with Crippen LogP contribution in [-0.4, -0.2) is 47.6 Å². The van der Waals surface area contributed by atoms with Crippen LogP contribution in [0.2, 0.25) is 0 Å². The largest absolute Gasteiger partial charge is 0.361 e. The molecule has 1 aliphatic heterocycles. The van der Waals surface area contributed by atoms with E-state index in [1.165, 1.54) is 16.5 Å². The average molecular weight is 322 g/mol. The van der Waals surface area contributed by atoms with Crippen molar-refractivity contribution in [2.24, 2.45) is 0 Å². The van der Waals surface area contributed by atoms with Gasteiger partial charge in [-0.15, -0.1) is 0 Å². The van der Waals surface area contributed by atoms with E-state index in [4.69, 9.17) is 0 Å². The fourth-order valence-electron chi connectivity index (χ4n) is 3.45. The summed E-state index contributed by atoms with van der Waals surface area (Å²) < 4.78 is 0. The Bertz CT molecular complexity index is 874. The van der Waals surface area contributed by atoms with Crippen molar-refractivity contribution in [3.63, 3.8) is 0 Å². The van der Waals surface area contributed by atoms with Gasteiger partial charge in [-0.05, 0) is 24.1 Å². The minimum atomic E-state index is -0.0331. The van der Waals surface area contributed by atoms with Crippen molar-refractivity contribution in [2.45, 2.75) is 6.42 Å². The SMILES string of the molecule is O=c1cccc(N2CCN(CCc3c[nH]c4ccccc34)CC2)[nH]1. The van der Waals surface area contributed by atoms with Crippen molar-refractivity contribution >= 4 is 16.7 Å². The molecule has 2 N–H and O–H groups in total.